The lowest BCUT2D eigenvalue weighted by Gasteiger charge is -2.56. The molecule has 1 aromatic carbocycles. The van der Waals surface area contributed by atoms with Crippen LogP contribution < -0.4 is 9.47 Å². The van der Waals surface area contributed by atoms with Gasteiger partial charge in [-0.05, 0) is 86.3 Å². The van der Waals surface area contributed by atoms with E-state index in [1.807, 2.05) is 6.07 Å². The van der Waals surface area contributed by atoms with Crippen molar-refractivity contribution in [3.05, 3.63) is 23.8 Å². The van der Waals surface area contributed by atoms with Gasteiger partial charge in [0.2, 0.25) is 0 Å². The van der Waals surface area contributed by atoms with Crippen molar-refractivity contribution in [1.29, 1.82) is 0 Å². The van der Waals surface area contributed by atoms with Crippen molar-refractivity contribution >= 4 is 0 Å². The van der Waals surface area contributed by atoms with E-state index >= 15 is 0 Å². The van der Waals surface area contributed by atoms with Crippen LogP contribution in [0.2, 0.25) is 0 Å². The molecule has 4 bridgehead atoms. The first kappa shape index (κ1) is 17.2. The van der Waals surface area contributed by atoms with Crippen LogP contribution in [-0.4, -0.2) is 19.5 Å². The van der Waals surface area contributed by atoms with E-state index in [-0.39, 0.29) is 5.60 Å². The minimum atomic E-state index is 0.0959. The first-order chi connectivity index (χ1) is 12.1. The lowest BCUT2D eigenvalue weighted by molar-refractivity contribution is -0.190. The number of rotatable bonds is 7. The fraction of sp³-hybridized carbons (Fsp3) is 0.727. The number of ether oxygens (including phenoxy) is 3. The molecule has 4 aliphatic rings. The van der Waals surface area contributed by atoms with Crippen LogP contribution >= 0.6 is 0 Å². The molecule has 5 rings (SSSR count). The van der Waals surface area contributed by atoms with Gasteiger partial charge in [-0.25, -0.2) is 0 Å². The highest BCUT2D eigenvalue weighted by atomic mass is 16.7. The molecule has 25 heavy (non-hydrogen) atoms. The van der Waals surface area contributed by atoms with Crippen LogP contribution in [-0.2, 0) is 4.74 Å². The second-order valence-electron chi connectivity index (χ2n) is 8.73. The molecule has 0 saturated heterocycles. The van der Waals surface area contributed by atoms with Crippen molar-refractivity contribution in [2.45, 2.75) is 70.3 Å². The van der Waals surface area contributed by atoms with Crippen LogP contribution in [0.3, 0.4) is 0 Å². The third-order valence-electron chi connectivity index (χ3n) is 6.93. The number of methoxy groups -OCH3 is 1. The van der Waals surface area contributed by atoms with Gasteiger partial charge < -0.3 is 14.2 Å². The zero-order valence-corrected chi connectivity index (χ0v) is 15.9. The molecule has 1 unspecified atom stereocenters. The van der Waals surface area contributed by atoms with E-state index < -0.39 is 0 Å². The molecule has 0 spiro atoms. The topological polar surface area (TPSA) is 27.7 Å². The average Bonchev–Trinajstić information content (AvgIpc) is 2.60. The number of benzene rings is 1. The maximum absolute atomic E-state index is 6.37. The lowest BCUT2D eigenvalue weighted by Crippen LogP contribution is -2.52. The number of hydrogen-bond donors (Lipinski definition) is 0. The highest BCUT2D eigenvalue weighted by Gasteiger charge is 2.51. The van der Waals surface area contributed by atoms with E-state index in [4.69, 9.17) is 14.2 Å². The molecule has 3 heteroatoms. The Morgan fingerprint density at radius 2 is 1.68 bits per heavy atom. The summed E-state index contributed by atoms with van der Waals surface area (Å²) in [4.78, 5) is 0. The normalized spacial score (nSPS) is 34.1. The van der Waals surface area contributed by atoms with E-state index in [0.717, 1.165) is 35.7 Å². The summed E-state index contributed by atoms with van der Waals surface area (Å²) in [6.07, 6.45) is 9.17. The minimum Gasteiger partial charge on any atom is -0.493 e. The molecule has 138 valence electrons. The Kier molecular flexibility index (Phi) is 4.70. The highest BCUT2D eigenvalue weighted by Crippen LogP contribution is 2.57. The molecule has 4 saturated carbocycles. The summed E-state index contributed by atoms with van der Waals surface area (Å²) in [7, 11) is 1.71. The smallest absolute Gasteiger partial charge is 0.189 e. The summed E-state index contributed by atoms with van der Waals surface area (Å²) in [6, 6.07) is 6.29. The Balaban J connectivity index is 1.39. The molecule has 0 heterocycles. The van der Waals surface area contributed by atoms with Gasteiger partial charge >= 0.3 is 0 Å². The minimum absolute atomic E-state index is 0.0959. The maximum atomic E-state index is 6.37. The van der Waals surface area contributed by atoms with Crippen LogP contribution in [0.1, 0.15) is 70.3 Å². The van der Waals surface area contributed by atoms with Gasteiger partial charge in [-0.2, -0.15) is 0 Å². The first-order valence-corrected chi connectivity index (χ1v) is 10.1. The lowest BCUT2D eigenvalue weighted by atomic mass is 9.54. The predicted molar refractivity (Wildman–Crippen MR) is 99.2 cm³/mol. The summed E-state index contributed by atoms with van der Waals surface area (Å²) >= 11 is 0. The Morgan fingerprint density at radius 3 is 2.24 bits per heavy atom. The largest absolute Gasteiger partial charge is 0.493 e. The van der Waals surface area contributed by atoms with E-state index in [1.54, 1.807) is 7.11 Å². The van der Waals surface area contributed by atoms with E-state index in [0.29, 0.717) is 12.7 Å². The SMILES string of the molecule is CCC(C)c1ccc(OCOC23CC4CC(CC(C4)C2)C3)c(OC)c1. The fourth-order valence-electron chi connectivity index (χ4n) is 5.77. The zero-order valence-electron chi connectivity index (χ0n) is 15.9. The molecule has 0 radical (unpaired) electrons. The van der Waals surface area contributed by atoms with Crippen LogP contribution in [0, 0.1) is 17.8 Å². The summed E-state index contributed by atoms with van der Waals surface area (Å²) in [5, 5.41) is 0. The maximum Gasteiger partial charge on any atom is 0.189 e. The Labute approximate surface area is 152 Å². The average molecular weight is 344 g/mol. The van der Waals surface area contributed by atoms with Gasteiger partial charge in [-0.3, -0.25) is 0 Å². The predicted octanol–water partition coefficient (Wildman–Crippen LogP) is 5.53. The van der Waals surface area contributed by atoms with Crippen molar-refractivity contribution < 1.29 is 14.2 Å². The molecule has 4 fully saturated rings. The quantitative estimate of drug-likeness (QED) is 0.609. The van der Waals surface area contributed by atoms with E-state index in [9.17, 15) is 0 Å². The molecule has 1 aromatic rings. The Bertz CT molecular complexity index is 574. The van der Waals surface area contributed by atoms with Crippen LogP contribution in [0.15, 0.2) is 18.2 Å². The summed E-state index contributed by atoms with van der Waals surface area (Å²) in [5.74, 6) is 4.83. The van der Waals surface area contributed by atoms with Gasteiger partial charge in [0.1, 0.15) is 0 Å². The van der Waals surface area contributed by atoms with Crippen LogP contribution in [0.4, 0.5) is 0 Å². The first-order valence-electron chi connectivity index (χ1n) is 10.1. The zero-order chi connectivity index (χ0) is 17.4. The summed E-state index contributed by atoms with van der Waals surface area (Å²) in [6.45, 7) is 4.79. The molecule has 0 amide bonds. The van der Waals surface area contributed by atoms with Gasteiger partial charge in [0, 0.05) is 0 Å². The van der Waals surface area contributed by atoms with Gasteiger partial charge in [0.15, 0.2) is 18.3 Å². The molecule has 0 aromatic heterocycles. The van der Waals surface area contributed by atoms with Crippen LogP contribution in [0.25, 0.3) is 0 Å². The second-order valence-corrected chi connectivity index (χ2v) is 8.73. The van der Waals surface area contributed by atoms with Gasteiger partial charge in [-0.15, -0.1) is 0 Å². The molecular formula is C22H32O3. The molecule has 0 aliphatic heterocycles. The number of hydrogen-bond acceptors (Lipinski definition) is 3. The molecule has 4 aliphatic carbocycles. The van der Waals surface area contributed by atoms with Gasteiger partial charge in [0.05, 0.1) is 12.7 Å². The van der Waals surface area contributed by atoms with Crippen molar-refractivity contribution in [2.75, 3.05) is 13.9 Å². The summed E-state index contributed by atoms with van der Waals surface area (Å²) < 4.78 is 17.9. The third kappa shape index (κ3) is 3.40. The van der Waals surface area contributed by atoms with Gasteiger partial charge in [-0.1, -0.05) is 19.9 Å². The Hall–Kier alpha value is -1.22. The van der Waals surface area contributed by atoms with E-state index in [1.165, 1.54) is 44.1 Å². The highest BCUT2D eigenvalue weighted by molar-refractivity contribution is 5.43. The van der Waals surface area contributed by atoms with Crippen molar-refractivity contribution in [1.82, 2.24) is 0 Å². The monoisotopic (exact) mass is 344 g/mol. The molecule has 3 nitrogen and oxygen atoms in total. The third-order valence-corrected chi connectivity index (χ3v) is 6.93. The summed E-state index contributed by atoms with van der Waals surface area (Å²) in [5.41, 5.74) is 1.40. The van der Waals surface area contributed by atoms with Crippen molar-refractivity contribution in [3.8, 4) is 11.5 Å². The standard InChI is InChI=1S/C22H32O3/c1-4-15(2)19-5-6-20(21(10-19)23-3)24-14-25-22-11-16-7-17(12-22)9-18(8-16)13-22/h5-6,10,15-18H,4,7-9,11-14H2,1-3H3. The van der Waals surface area contributed by atoms with Crippen molar-refractivity contribution in [2.24, 2.45) is 17.8 Å². The fourth-order valence-corrected chi connectivity index (χ4v) is 5.77. The van der Waals surface area contributed by atoms with Crippen molar-refractivity contribution in [3.63, 3.8) is 0 Å². The van der Waals surface area contributed by atoms with E-state index in [2.05, 4.69) is 26.0 Å². The molecule has 1 atom stereocenters. The van der Waals surface area contributed by atoms with Gasteiger partial charge in [0.25, 0.3) is 0 Å². The Morgan fingerprint density at radius 1 is 1.04 bits per heavy atom. The second kappa shape index (κ2) is 6.83. The molecular weight excluding hydrogens is 312 g/mol. The molecule has 0 N–H and O–H groups in total. The van der Waals surface area contributed by atoms with Crippen LogP contribution in [0.5, 0.6) is 11.5 Å².